The van der Waals surface area contributed by atoms with Crippen LogP contribution in [-0.4, -0.2) is 0 Å². The van der Waals surface area contributed by atoms with Crippen LogP contribution in [0.1, 0.15) is 53.4 Å². The van der Waals surface area contributed by atoms with Gasteiger partial charge in [0.05, 0.1) is 0 Å². The zero-order valence-electron chi connectivity index (χ0n) is 10.5. The van der Waals surface area contributed by atoms with Crippen molar-refractivity contribution in [2.24, 2.45) is 5.41 Å². The van der Waals surface area contributed by atoms with Crippen LogP contribution in [0.15, 0.2) is 22.8 Å². The molecule has 0 bridgehead atoms. The number of hydrogen-bond acceptors (Lipinski definition) is 0. The van der Waals surface area contributed by atoms with E-state index in [2.05, 4.69) is 32.8 Å². The van der Waals surface area contributed by atoms with Gasteiger partial charge in [0.25, 0.3) is 0 Å². The van der Waals surface area contributed by atoms with Gasteiger partial charge in [0.2, 0.25) is 0 Å². The van der Waals surface area contributed by atoms with E-state index in [1.54, 1.807) is 11.1 Å². The highest BCUT2D eigenvalue weighted by Gasteiger charge is 2.27. The molecule has 0 spiro atoms. The molecule has 0 unspecified atom stereocenters. The van der Waals surface area contributed by atoms with Gasteiger partial charge in [-0.1, -0.05) is 37.0 Å². The lowest BCUT2D eigenvalue weighted by Crippen LogP contribution is -2.20. The van der Waals surface area contributed by atoms with E-state index in [0.717, 1.165) is 12.0 Å². The SMILES string of the molecule is C#C/C(C)=C/CC1=C(C)CCCC1(C)C. The first-order valence-corrected chi connectivity index (χ1v) is 5.80. The van der Waals surface area contributed by atoms with Crippen molar-refractivity contribution in [1.82, 2.24) is 0 Å². The summed E-state index contributed by atoms with van der Waals surface area (Å²) in [5.41, 5.74) is 4.60. The van der Waals surface area contributed by atoms with Crippen molar-refractivity contribution in [3.8, 4) is 12.3 Å². The van der Waals surface area contributed by atoms with Gasteiger partial charge in [-0.2, -0.15) is 0 Å². The fraction of sp³-hybridized carbons (Fsp3) is 0.600. The second-order valence-corrected chi connectivity index (χ2v) is 5.23. The number of allylic oxidation sites excluding steroid dienone is 4. The highest BCUT2D eigenvalue weighted by atomic mass is 14.3. The molecule has 0 aromatic rings. The van der Waals surface area contributed by atoms with Gasteiger partial charge in [0.1, 0.15) is 0 Å². The third kappa shape index (κ3) is 2.99. The minimum absolute atomic E-state index is 0.369. The topological polar surface area (TPSA) is 0 Å². The van der Waals surface area contributed by atoms with E-state index in [1.807, 2.05) is 6.92 Å². The Morgan fingerprint density at radius 2 is 2.20 bits per heavy atom. The lowest BCUT2D eigenvalue weighted by atomic mass is 9.71. The van der Waals surface area contributed by atoms with E-state index in [1.165, 1.54) is 19.3 Å². The zero-order valence-corrected chi connectivity index (χ0v) is 10.5. The predicted molar refractivity (Wildman–Crippen MR) is 67.5 cm³/mol. The van der Waals surface area contributed by atoms with Gasteiger partial charge in [-0.3, -0.25) is 0 Å². The lowest BCUT2D eigenvalue weighted by Gasteiger charge is -2.34. The molecule has 0 aromatic heterocycles. The van der Waals surface area contributed by atoms with Gasteiger partial charge < -0.3 is 0 Å². The molecule has 0 saturated heterocycles. The van der Waals surface area contributed by atoms with Gasteiger partial charge in [-0.25, -0.2) is 0 Å². The summed E-state index contributed by atoms with van der Waals surface area (Å²) < 4.78 is 0. The monoisotopic (exact) mass is 202 g/mol. The van der Waals surface area contributed by atoms with Crippen LogP contribution in [0.3, 0.4) is 0 Å². The molecule has 15 heavy (non-hydrogen) atoms. The largest absolute Gasteiger partial charge is 0.115 e. The van der Waals surface area contributed by atoms with Crippen LogP contribution in [0.25, 0.3) is 0 Å². The van der Waals surface area contributed by atoms with Crippen LogP contribution in [0.2, 0.25) is 0 Å². The van der Waals surface area contributed by atoms with Crippen molar-refractivity contribution in [3.63, 3.8) is 0 Å². The summed E-state index contributed by atoms with van der Waals surface area (Å²) in [6.45, 7) is 8.98. The molecule has 0 fully saturated rings. The van der Waals surface area contributed by atoms with Gasteiger partial charge >= 0.3 is 0 Å². The average Bonchev–Trinajstić information content (AvgIpc) is 2.15. The Kier molecular flexibility index (Phi) is 3.80. The van der Waals surface area contributed by atoms with Crippen LogP contribution >= 0.6 is 0 Å². The molecule has 1 rings (SSSR count). The first kappa shape index (κ1) is 12.1. The van der Waals surface area contributed by atoms with Gasteiger partial charge in [-0.15, -0.1) is 6.42 Å². The summed E-state index contributed by atoms with van der Waals surface area (Å²) in [6, 6.07) is 0. The van der Waals surface area contributed by atoms with Gasteiger partial charge in [0, 0.05) is 0 Å². The van der Waals surface area contributed by atoms with E-state index in [-0.39, 0.29) is 0 Å². The summed E-state index contributed by atoms with van der Waals surface area (Å²) in [6.07, 6.45) is 12.5. The second kappa shape index (κ2) is 4.71. The molecule has 0 aromatic carbocycles. The molecule has 0 atom stereocenters. The van der Waals surface area contributed by atoms with Crippen LogP contribution in [-0.2, 0) is 0 Å². The van der Waals surface area contributed by atoms with E-state index >= 15 is 0 Å². The molecular weight excluding hydrogens is 180 g/mol. The molecule has 0 N–H and O–H groups in total. The number of rotatable bonds is 2. The predicted octanol–water partition coefficient (Wildman–Crippen LogP) is 4.48. The van der Waals surface area contributed by atoms with Crippen molar-refractivity contribution < 1.29 is 0 Å². The Hall–Kier alpha value is -0.960. The van der Waals surface area contributed by atoms with E-state index in [9.17, 15) is 0 Å². The Balaban J connectivity index is 2.87. The smallest absolute Gasteiger partial charge is 0.00501 e. The summed E-state index contributed by atoms with van der Waals surface area (Å²) in [4.78, 5) is 0. The molecule has 0 heterocycles. The molecule has 0 amide bonds. The molecule has 0 nitrogen and oxygen atoms in total. The molecular formula is C15H22. The average molecular weight is 202 g/mol. The molecule has 1 aliphatic rings. The fourth-order valence-electron chi connectivity index (χ4n) is 2.44. The van der Waals surface area contributed by atoms with Crippen molar-refractivity contribution in [1.29, 1.82) is 0 Å². The maximum absolute atomic E-state index is 5.36. The number of hydrogen-bond donors (Lipinski definition) is 0. The molecule has 0 aliphatic heterocycles. The standard InChI is InChI=1S/C15H22/c1-6-12(2)9-10-14-13(3)8-7-11-15(14,4)5/h1,9H,7-8,10-11H2,2-5H3/b12-9+. The van der Waals surface area contributed by atoms with Crippen molar-refractivity contribution >= 4 is 0 Å². The number of terminal acetylenes is 1. The highest BCUT2D eigenvalue weighted by Crippen LogP contribution is 2.41. The second-order valence-electron chi connectivity index (χ2n) is 5.23. The zero-order chi connectivity index (χ0) is 11.5. The molecule has 82 valence electrons. The lowest BCUT2D eigenvalue weighted by molar-refractivity contribution is 0.360. The van der Waals surface area contributed by atoms with Crippen LogP contribution < -0.4 is 0 Å². The summed E-state index contributed by atoms with van der Waals surface area (Å²) in [7, 11) is 0. The Bertz CT molecular complexity index is 332. The minimum atomic E-state index is 0.369. The molecule has 0 heteroatoms. The maximum atomic E-state index is 5.36. The molecule has 0 saturated carbocycles. The first-order valence-electron chi connectivity index (χ1n) is 5.80. The van der Waals surface area contributed by atoms with Crippen LogP contribution in [0, 0.1) is 17.8 Å². The van der Waals surface area contributed by atoms with Crippen molar-refractivity contribution in [3.05, 3.63) is 22.8 Å². The summed E-state index contributed by atoms with van der Waals surface area (Å²) >= 11 is 0. The quantitative estimate of drug-likeness (QED) is 0.457. The van der Waals surface area contributed by atoms with E-state index in [4.69, 9.17) is 6.42 Å². The van der Waals surface area contributed by atoms with Crippen molar-refractivity contribution in [2.45, 2.75) is 53.4 Å². The Morgan fingerprint density at radius 1 is 1.53 bits per heavy atom. The van der Waals surface area contributed by atoms with Crippen molar-refractivity contribution in [2.75, 3.05) is 0 Å². The minimum Gasteiger partial charge on any atom is -0.115 e. The Morgan fingerprint density at radius 3 is 2.73 bits per heavy atom. The van der Waals surface area contributed by atoms with Gasteiger partial charge in [0.15, 0.2) is 0 Å². The fourth-order valence-corrected chi connectivity index (χ4v) is 2.44. The highest BCUT2D eigenvalue weighted by molar-refractivity contribution is 5.29. The van der Waals surface area contributed by atoms with Crippen LogP contribution in [0.4, 0.5) is 0 Å². The third-order valence-electron chi connectivity index (χ3n) is 3.53. The van der Waals surface area contributed by atoms with E-state index in [0.29, 0.717) is 5.41 Å². The van der Waals surface area contributed by atoms with Gasteiger partial charge in [-0.05, 0) is 50.5 Å². The normalized spacial score (nSPS) is 21.4. The first-order chi connectivity index (χ1) is 6.97. The molecule has 1 aliphatic carbocycles. The van der Waals surface area contributed by atoms with Crippen LogP contribution in [0.5, 0.6) is 0 Å². The van der Waals surface area contributed by atoms with E-state index < -0.39 is 0 Å². The summed E-state index contributed by atoms with van der Waals surface area (Å²) in [5, 5.41) is 0. The third-order valence-corrected chi connectivity index (χ3v) is 3.53. The summed E-state index contributed by atoms with van der Waals surface area (Å²) in [5.74, 6) is 2.69. The molecule has 0 radical (unpaired) electrons. The Labute approximate surface area is 94.5 Å². The maximum Gasteiger partial charge on any atom is -0.00501 e.